The molecule has 0 atom stereocenters. The van der Waals surface area contributed by atoms with Gasteiger partial charge in [0.2, 0.25) is 0 Å². The molecule has 8 aromatic carbocycles. The quantitative estimate of drug-likeness (QED) is 0.184. The maximum Gasteiger partial charge on any atom is 0.124 e. The van der Waals surface area contributed by atoms with Crippen molar-refractivity contribution < 1.29 is 14.7 Å². The van der Waals surface area contributed by atoms with Gasteiger partial charge in [0, 0.05) is 33.4 Å². The number of hydrogen-bond donors (Lipinski definition) is 2. The van der Waals surface area contributed by atoms with Crippen molar-refractivity contribution in [1.29, 1.82) is 0 Å². The molecule has 0 saturated heterocycles. The summed E-state index contributed by atoms with van der Waals surface area (Å²) in [5.74, 6) is 0.574. The van der Waals surface area contributed by atoms with Crippen LogP contribution in [0.2, 0.25) is 0 Å². The van der Waals surface area contributed by atoms with E-state index in [1.54, 1.807) is 0 Å². The van der Waals surface area contributed by atoms with E-state index in [-0.39, 0.29) is 11.5 Å². The van der Waals surface area contributed by atoms with Gasteiger partial charge < -0.3 is 14.7 Å². The molecule has 0 aliphatic heterocycles. The second-order valence-electron chi connectivity index (χ2n) is 13.3. The first-order valence-corrected chi connectivity index (χ1v) is 16.1. The van der Waals surface area contributed by atoms with Gasteiger partial charge in [0.25, 0.3) is 0 Å². The second-order valence-corrected chi connectivity index (χ2v) is 13.3. The summed E-state index contributed by atoms with van der Waals surface area (Å²) in [6, 6.07) is 50.0. The van der Waals surface area contributed by atoms with Crippen molar-refractivity contribution in [2.75, 3.05) is 14.1 Å². The van der Waals surface area contributed by atoms with Gasteiger partial charge in [-0.3, -0.25) is 0 Å². The van der Waals surface area contributed by atoms with Gasteiger partial charge in [-0.25, -0.2) is 0 Å². The molecule has 228 valence electrons. The van der Waals surface area contributed by atoms with Crippen LogP contribution in [0.4, 0.5) is 0 Å². The van der Waals surface area contributed by atoms with Gasteiger partial charge in [-0.1, -0.05) is 133 Å². The van der Waals surface area contributed by atoms with E-state index < -0.39 is 0 Å². The molecule has 0 bridgehead atoms. The topological polar surface area (TPSA) is 40.5 Å². The van der Waals surface area contributed by atoms with Gasteiger partial charge in [-0.05, 0) is 55.2 Å². The first kappa shape index (κ1) is 28.8. The summed E-state index contributed by atoms with van der Waals surface area (Å²) in [7, 11) is 4.54. The lowest BCUT2D eigenvalue weighted by Crippen LogP contribution is -2.38. The van der Waals surface area contributed by atoms with E-state index in [2.05, 4.69) is 111 Å². The zero-order valence-corrected chi connectivity index (χ0v) is 26.6. The number of phenols is 2. The summed E-state index contributed by atoms with van der Waals surface area (Å²) in [4.78, 5) is 0. The average molecular weight is 611 g/mol. The van der Waals surface area contributed by atoms with Crippen molar-refractivity contribution in [2.45, 2.75) is 13.1 Å². The standard InChI is InChI=1S/C44H35NO2/c1-45(2,27-33-21-19-29-11-3-7-15-35(29)41(33)43-37-17-9-5-13-31(37)23-25-39(43)46)28-34-22-20-30-12-4-8-16-36(30)42(34)44-38-18-10-6-14-32(38)24-26-40(44)47/h3-26H,27-28H2,1-2H3,(H-,46,47)/p+1. The normalized spacial score (nSPS) is 12.0. The Hall–Kier alpha value is -5.64. The molecule has 0 amide bonds. The first-order chi connectivity index (χ1) is 22.9. The fourth-order valence-electron chi connectivity index (χ4n) is 7.51. The van der Waals surface area contributed by atoms with Crippen molar-refractivity contribution >= 4 is 43.1 Å². The number of quaternary nitrogens is 1. The minimum atomic E-state index is 0.287. The van der Waals surface area contributed by atoms with Crippen molar-refractivity contribution in [3.63, 3.8) is 0 Å². The molecular weight excluding hydrogens is 574 g/mol. The molecular formula is C44H36NO2+. The van der Waals surface area contributed by atoms with Crippen molar-refractivity contribution in [3.05, 3.63) is 157 Å². The Morgan fingerprint density at radius 1 is 0.362 bits per heavy atom. The zero-order chi connectivity index (χ0) is 32.1. The number of aromatic hydroxyl groups is 2. The monoisotopic (exact) mass is 610 g/mol. The van der Waals surface area contributed by atoms with Gasteiger partial charge in [0.1, 0.15) is 24.6 Å². The molecule has 0 aliphatic carbocycles. The summed E-state index contributed by atoms with van der Waals surface area (Å²) in [6.07, 6.45) is 0. The van der Waals surface area contributed by atoms with E-state index in [1.807, 2.05) is 48.5 Å². The number of phenolic OH excluding ortho intramolecular Hbond substituents is 2. The molecule has 8 rings (SSSR count). The van der Waals surface area contributed by atoms with E-state index in [9.17, 15) is 10.2 Å². The molecule has 0 aliphatic rings. The van der Waals surface area contributed by atoms with Crippen LogP contribution in [-0.2, 0) is 13.1 Å². The molecule has 0 aromatic heterocycles. The molecule has 0 radical (unpaired) electrons. The Labute approximate surface area is 274 Å². The third kappa shape index (κ3) is 5.06. The summed E-state index contributed by atoms with van der Waals surface area (Å²) >= 11 is 0. The van der Waals surface area contributed by atoms with Crippen LogP contribution in [0, 0.1) is 0 Å². The van der Waals surface area contributed by atoms with Crippen LogP contribution in [-0.4, -0.2) is 28.8 Å². The highest BCUT2D eigenvalue weighted by Gasteiger charge is 2.26. The maximum atomic E-state index is 11.4. The van der Waals surface area contributed by atoms with Crippen LogP contribution in [0.5, 0.6) is 11.5 Å². The Kier molecular flexibility index (Phi) is 6.93. The Bertz CT molecular complexity index is 2300. The summed E-state index contributed by atoms with van der Waals surface area (Å²) in [5.41, 5.74) is 6.26. The number of nitrogens with zero attached hydrogens (tertiary/aromatic N) is 1. The number of benzene rings is 8. The lowest BCUT2D eigenvalue weighted by molar-refractivity contribution is -0.916. The SMILES string of the molecule is C[N+](C)(Cc1ccc2ccccc2c1-c1c(O)ccc2ccccc12)Cc1ccc2ccccc2c1-c1c(O)ccc2ccccc12. The minimum Gasteiger partial charge on any atom is -0.507 e. The van der Waals surface area contributed by atoms with Crippen LogP contribution in [0.25, 0.3) is 65.3 Å². The predicted octanol–water partition coefficient (Wildman–Crippen LogP) is 10.8. The van der Waals surface area contributed by atoms with E-state index in [0.717, 1.165) is 78.4 Å². The molecule has 2 N–H and O–H groups in total. The molecule has 8 aromatic rings. The number of hydrogen-bond acceptors (Lipinski definition) is 2. The zero-order valence-electron chi connectivity index (χ0n) is 26.6. The van der Waals surface area contributed by atoms with Crippen LogP contribution in [0.3, 0.4) is 0 Å². The molecule has 0 unspecified atom stereocenters. The van der Waals surface area contributed by atoms with E-state index in [0.29, 0.717) is 4.48 Å². The first-order valence-electron chi connectivity index (χ1n) is 16.1. The largest absolute Gasteiger partial charge is 0.507 e. The van der Waals surface area contributed by atoms with Crippen LogP contribution in [0.1, 0.15) is 11.1 Å². The van der Waals surface area contributed by atoms with Crippen molar-refractivity contribution in [1.82, 2.24) is 0 Å². The predicted molar refractivity (Wildman–Crippen MR) is 197 cm³/mol. The van der Waals surface area contributed by atoms with Gasteiger partial charge in [0.15, 0.2) is 0 Å². The lowest BCUT2D eigenvalue weighted by Gasteiger charge is -2.32. The smallest absolute Gasteiger partial charge is 0.124 e. The molecule has 3 nitrogen and oxygen atoms in total. The fourth-order valence-corrected chi connectivity index (χ4v) is 7.51. The van der Waals surface area contributed by atoms with Gasteiger partial charge >= 0.3 is 0 Å². The summed E-state index contributed by atoms with van der Waals surface area (Å²) in [5, 5.41) is 31.7. The Morgan fingerprint density at radius 3 is 1.02 bits per heavy atom. The molecule has 0 spiro atoms. The van der Waals surface area contributed by atoms with E-state index in [4.69, 9.17) is 0 Å². The highest BCUT2D eigenvalue weighted by atomic mass is 16.3. The van der Waals surface area contributed by atoms with Crippen molar-refractivity contribution in [2.24, 2.45) is 0 Å². The highest BCUT2D eigenvalue weighted by Crippen LogP contribution is 2.45. The Morgan fingerprint density at radius 2 is 0.660 bits per heavy atom. The second kappa shape index (κ2) is 11.3. The lowest BCUT2D eigenvalue weighted by atomic mass is 9.88. The van der Waals surface area contributed by atoms with E-state index in [1.165, 1.54) is 11.1 Å². The summed E-state index contributed by atoms with van der Waals surface area (Å²) in [6.45, 7) is 1.47. The van der Waals surface area contributed by atoms with Gasteiger partial charge in [0.05, 0.1) is 14.1 Å². The molecule has 0 saturated carbocycles. The average Bonchev–Trinajstić information content (AvgIpc) is 3.08. The summed E-state index contributed by atoms with van der Waals surface area (Å²) < 4.78 is 0.660. The third-order valence-corrected chi connectivity index (χ3v) is 9.54. The molecule has 0 heterocycles. The number of rotatable bonds is 6. The van der Waals surface area contributed by atoms with Gasteiger partial charge in [-0.2, -0.15) is 0 Å². The van der Waals surface area contributed by atoms with E-state index >= 15 is 0 Å². The maximum absolute atomic E-state index is 11.4. The van der Waals surface area contributed by atoms with Crippen LogP contribution >= 0.6 is 0 Å². The fraction of sp³-hybridized carbons (Fsp3) is 0.0909. The third-order valence-electron chi connectivity index (χ3n) is 9.54. The molecule has 47 heavy (non-hydrogen) atoms. The minimum absolute atomic E-state index is 0.287. The molecule has 3 heteroatoms. The van der Waals surface area contributed by atoms with Gasteiger partial charge in [-0.15, -0.1) is 0 Å². The molecule has 0 fully saturated rings. The van der Waals surface area contributed by atoms with Crippen LogP contribution < -0.4 is 0 Å². The van der Waals surface area contributed by atoms with Crippen LogP contribution in [0.15, 0.2) is 146 Å². The highest BCUT2D eigenvalue weighted by molar-refractivity contribution is 6.10. The Balaban J connectivity index is 1.30. The van der Waals surface area contributed by atoms with Crippen molar-refractivity contribution in [3.8, 4) is 33.8 Å². The number of fused-ring (bicyclic) bond motifs is 4.